The van der Waals surface area contributed by atoms with Gasteiger partial charge >= 0.3 is 6.18 Å². The van der Waals surface area contributed by atoms with E-state index < -0.39 is 23.5 Å². The summed E-state index contributed by atoms with van der Waals surface area (Å²) >= 11 is 0. The number of rotatable bonds is 2. The minimum Gasteiger partial charge on any atom is -0.292 e. The molecule has 34 heavy (non-hydrogen) atoms. The van der Waals surface area contributed by atoms with Crippen LogP contribution in [0.15, 0.2) is 36.7 Å². The van der Waals surface area contributed by atoms with Crippen molar-refractivity contribution >= 4 is 16.7 Å². The molecule has 0 N–H and O–H groups in total. The number of carbonyl (C=O) groups is 1. The number of Topliss-reactive ketones (excluding diaryl/α,β-unsaturated/α-hetero) is 1. The molecule has 0 saturated heterocycles. The second-order valence-corrected chi connectivity index (χ2v) is 8.72. The van der Waals surface area contributed by atoms with E-state index in [1.807, 2.05) is 0 Å². The number of aromatic nitrogens is 4. The van der Waals surface area contributed by atoms with Crippen molar-refractivity contribution in [2.24, 2.45) is 0 Å². The molecule has 1 aliphatic rings. The van der Waals surface area contributed by atoms with E-state index in [0.717, 1.165) is 17.7 Å². The molecule has 1 unspecified atom stereocenters. The topological polar surface area (TPSA) is 60.7 Å². The number of fused-ring (bicyclic) bond motifs is 2. The summed E-state index contributed by atoms with van der Waals surface area (Å²) in [5.41, 5.74) is 2.62. The lowest BCUT2D eigenvalue weighted by molar-refractivity contribution is -0.137. The molecular weight excluding hydrogens is 448 g/mol. The minimum atomic E-state index is -4.47. The molecule has 5 nitrogen and oxygen atoms in total. The Morgan fingerprint density at radius 1 is 1.00 bits per heavy atom. The van der Waals surface area contributed by atoms with Gasteiger partial charge < -0.3 is 0 Å². The predicted molar refractivity (Wildman–Crippen MR) is 118 cm³/mol. The maximum Gasteiger partial charge on any atom is 0.416 e. The number of aryl methyl sites for hydroxylation is 4. The van der Waals surface area contributed by atoms with Crippen LogP contribution in [0.2, 0.25) is 0 Å². The Morgan fingerprint density at radius 3 is 2.50 bits per heavy atom. The van der Waals surface area contributed by atoms with Crippen molar-refractivity contribution in [2.75, 3.05) is 0 Å². The van der Waals surface area contributed by atoms with Crippen LogP contribution in [-0.2, 0) is 12.7 Å². The maximum absolute atomic E-state index is 15.3. The van der Waals surface area contributed by atoms with Gasteiger partial charge in [0, 0.05) is 23.7 Å². The van der Waals surface area contributed by atoms with E-state index in [2.05, 4.69) is 15.1 Å². The lowest BCUT2D eigenvalue weighted by atomic mass is 9.85. The Kier molecular flexibility index (Phi) is 5.03. The molecule has 5 rings (SSSR count). The van der Waals surface area contributed by atoms with Gasteiger partial charge in [0.25, 0.3) is 0 Å². The number of halogens is 4. The molecule has 0 aliphatic carbocycles. The first-order chi connectivity index (χ1) is 16.0. The van der Waals surface area contributed by atoms with Gasteiger partial charge in [-0.25, -0.2) is 14.4 Å². The Balaban J connectivity index is 1.55. The third-order valence-corrected chi connectivity index (χ3v) is 6.36. The zero-order chi connectivity index (χ0) is 24.4. The van der Waals surface area contributed by atoms with E-state index in [1.54, 1.807) is 37.7 Å². The highest BCUT2D eigenvalue weighted by molar-refractivity contribution is 6.01. The number of carbonyl (C=O) groups excluding carboxylic acids is 1. The maximum atomic E-state index is 15.3. The van der Waals surface area contributed by atoms with Crippen molar-refractivity contribution in [3.05, 3.63) is 76.0 Å². The quantitative estimate of drug-likeness (QED) is 0.341. The number of hydrogen-bond donors (Lipinski definition) is 0. The molecule has 0 saturated carbocycles. The molecule has 0 fully saturated rings. The van der Waals surface area contributed by atoms with Crippen LogP contribution in [0.5, 0.6) is 0 Å². The second-order valence-electron chi connectivity index (χ2n) is 8.72. The van der Waals surface area contributed by atoms with Gasteiger partial charge in [-0.15, -0.1) is 0 Å². The zero-order valence-electron chi connectivity index (χ0n) is 18.7. The summed E-state index contributed by atoms with van der Waals surface area (Å²) in [6, 6.07) is 4.99. The summed E-state index contributed by atoms with van der Waals surface area (Å²) in [7, 11) is 0. The van der Waals surface area contributed by atoms with Gasteiger partial charge in [-0.2, -0.15) is 18.3 Å². The van der Waals surface area contributed by atoms with Gasteiger partial charge in [-0.1, -0.05) is 6.07 Å². The SMILES string of the molecule is Cc1cc(C2CCn3ncc(C)c3C2=O)c(F)cc1-c1ncc2cc(C(F)(F)F)cc(C)c2n1. The lowest BCUT2D eigenvalue weighted by Gasteiger charge is -2.24. The van der Waals surface area contributed by atoms with Crippen LogP contribution < -0.4 is 0 Å². The van der Waals surface area contributed by atoms with Crippen LogP contribution in [-0.4, -0.2) is 25.5 Å². The molecule has 4 aromatic rings. The molecule has 0 radical (unpaired) electrons. The highest BCUT2D eigenvalue weighted by Crippen LogP contribution is 2.36. The average Bonchev–Trinajstić information content (AvgIpc) is 3.16. The number of ketones is 1. The third kappa shape index (κ3) is 3.55. The van der Waals surface area contributed by atoms with Crippen LogP contribution in [0.4, 0.5) is 17.6 Å². The molecule has 9 heteroatoms. The van der Waals surface area contributed by atoms with Crippen molar-refractivity contribution in [1.29, 1.82) is 0 Å². The molecular formula is C25H20F4N4O. The molecule has 0 amide bonds. The van der Waals surface area contributed by atoms with Gasteiger partial charge in [0.05, 0.1) is 23.2 Å². The fourth-order valence-corrected chi connectivity index (χ4v) is 4.64. The van der Waals surface area contributed by atoms with Gasteiger partial charge in [-0.05, 0) is 67.6 Å². The van der Waals surface area contributed by atoms with E-state index in [-0.39, 0.29) is 17.0 Å². The standard InChI is InChI=1S/C25H20F4N4O/c1-12-7-19(17-4-5-33-22(23(17)34)14(3)10-31-33)20(26)9-18(12)24-30-11-15-8-16(25(27,28)29)6-13(2)21(15)32-24/h6-11,17H,4-5H2,1-3H3. The van der Waals surface area contributed by atoms with Gasteiger partial charge in [0.2, 0.25) is 0 Å². The fourth-order valence-electron chi connectivity index (χ4n) is 4.64. The minimum absolute atomic E-state index is 0.162. The average molecular weight is 468 g/mol. The van der Waals surface area contributed by atoms with Crippen LogP contribution in [0, 0.1) is 26.6 Å². The first-order valence-electron chi connectivity index (χ1n) is 10.8. The molecule has 2 aromatic carbocycles. The smallest absolute Gasteiger partial charge is 0.292 e. The first kappa shape index (κ1) is 22.2. The Bertz CT molecular complexity index is 1470. The first-order valence-corrected chi connectivity index (χ1v) is 10.8. The van der Waals surface area contributed by atoms with Crippen molar-refractivity contribution < 1.29 is 22.4 Å². The van der Waals surface area contributed by atoms with Crippen LogP contribution in [0.1, 0.15) is 50.6 Å². The normalized spacial score (nSPS) is 16.2. The van der Waals surface area contributed by atoms with Crippen molar-refractivity contribution in [2.45, 2.75) is 45.8 Å². The van der Waals surface area contributed by atoms with Crippen molar-refractivity contribution in [3.63, 3.8) is 0 Å². The summed E-state index contributed by atoms with van der Waals surface area (Å²) in [5.74, 6) is -1.11. The highest BCUT2D eigenvalue weighted by atomic mass is 19.4. The third-order valence-electron chi connectivity index (χ3n) is 6.36. The number of hydrogen-bond acceptors (Lipinski definition) is 4. The van der Waals surface area contributed by atoms with Crippen LogP contribution in [0.3, 0.4) is 0 Å². The van der Waals surface area contributed by atoms with Crippen molar-refractivity contribution in [1.82, 2.24) is 19.7 Å². The lowest BCUT2D eigenvalue weighted by Crippen LogP contribution is -2.26. The number of benzene rings is 2. The molecule has 174 valence electrons. The van der Waals surface area contributed by atoms with Crippen molar-refractivity contribution in [3.8, 4) is 11.4 Å². The Labute approximate surface area is 192 Å². The fraction of sp³-hybridized carbons (Fsp3) is 0.280. The summed E-state index contributed by atoms with van der Waals surface area (Å²) in [5, 5.41) is 4.46. The van der Waals surface area contributed by atoms with Gasteiger partial charge in [-0.3, -0.25) is 9.48 Å². The monoisotopic (exact) mass is 468 g/mol. The van der Waals surface area contributed by atoms with E-state index in [1.165, 1.54) is 12.3 Å². The number of nitrogens with zero attached hydrogens (tertiary/aromatic N) is 4. The second kappa shape index (κ2) is 7.72. The molecule has 1 atom stereocenters. The summed E-state index contributed by atoms with van der Waals surface area (Å²) in [4.78, 5) is 21.7. The van der Waals surface area contributed by atoms with Gasteiger partial charge in [0.15, 0.2) is 11.6 Å². The van der Waals surface area contributed by atoms with E-state index >= 15 is 4.39 Å². The van der Waals surface area contributed by atoms with Crippen LogP contribution >= 0.6 is 0 Å². The summed E-state index contributed by atoms with van der Waals surface area (Å²) in [6.07, 6.45) is -1.08. The molecule has 3 heterocycles. The van der Waals surface area contributed by atoms with Crippen LogP contribution in [0.25, 0.3) is 22.3 Å². The number of alkyl halides is 3. The van der Waals surface area contributed by atoms with Gasteiger partial charge in [0.1, 0.15) is 11.5 Å². The Hall–Kier alpha value is -3.62. The van der Waals surface area contributed by atoms with E-state index in [0.29, 0.717) is 46.4 Å². The largest absolute Gasteiger partial charge is 0.416 e. The summed E-state index contributed by atoms with van der Waals surface area (Å²) in [6.45, 7) is 5.65. The zero-order valence-corrected chi connectivity index (χ0v) is 18.7. The predicted octanol–water partition coefficient (Wildman–Crippen LogP) is 5.95. The molecule has 0 bridgehead atoms. The molecule has 0 spiro atoms. The van der Waals surface area contributed by atoms with E-state index in [4.69, 9.17) is 0 Å². The van der Waals surface area contributed by atoms with E-state index in [9.17, 15) is 18.0 Å². The highest BCUT2D eigenvalue weighted by Gasteiger charge is 2.33. The molecule has 2 aromatic heterocycles. The molecule has 1 aliphatic heterocycles. The summed E-state index contributed by atoms with van der Waals surface area (Å²) < 4.78 is 56.3. The Morgan fingerprint density at radius 2 is 1.76 bits per heavy atom.